The van der Waals surface area contributed by atoms with Crippen LogP contribution >= 0.6 is 11.6 Å². The number of hydrogen-bond acceptors (Lipinski definition) is 3. The lowest BCUT2D eigenvalue weighted by atomic mass is 10.2. The summed E-state index contributed by atoms with van der Waals surface area (Å²) in [6, 6.07) is 9.55. The van der Waals surface area contributed by atoms with Crippen molar-refractivity contribution in [3.8, 4) is 11.5 Å². The minimum Gasteiger partial charge on any atom is -0.496 e. The van der Waals surface area contributed by atoms with Crippen molar-refractivity contribution >= 4 is 11.6 Å². The van der Waals surface area contributed by atoms with Crippen molar-refractivity contribution in [2.45, 2.75) is 13.2 Å². The number of benzene rings is 2. The smallest absolute Gasteiger partial charge is 0.125 e. The maximum Gasteiger partial charge on any atom is 0.125 e. The summed E-state index contributed by atoms with van der Waals surface area (Å²) < 4.78 is 24.0. The van der Waals surface area contributed by atoms with Gasteiger partial charge in [-0.05, 0) is 36.4 Å². The lowest BCUT2D eigenvalue weighted by molar-refractivity contribution is 0.293. The van der Waals surface area contributed by atoms with E-state index in [0.29, 0.717) is 22.1 Å². The molecule has 0 spiro atoms. The maximum absolute atomic E-state index is 13.1. The van der Waals surface area contributed by atoms with Gasteiger partial charge in [0, 0.05) is 22.7 Å². The number of hydrogen-bond donors (Lipinski definition) is 1. The minimum atomic E-state index is -0.335. The van der Waals surface area contributed by atoms with Gasteiger partial charge >= 0.3 is 0 Å². The molecular formula is C15H15ClFNO2. The van der Waals surface area contributed by atoms with Crippen LogP contribution in [0.4, 0.5) is 4.39 Å². The summed E-state index contributed by atoms with van der Waals surface area (Å²) in [7, 11) is 1.58. The zero-order chi connectivity index (χ0) is 14.5. The third kappa shape index (κ3) is 3.40. The molecule has 20 heavy (non-hydrogen) atoms. The van der Waals surface area contributed by atoms with Crippen LogP contribution in [0.25, 0.3) is 0 Å². The standard InChI is InChI=1S/C15H15ClFNO2/c1-19-14-4-2-12(16)6-11(14)9-20-15-5-3-13(17)7-10(15)8-18/h2-7H,8-9,18H2,1H3. The fourth-order valence-corrected chi connectivity index (χ4v) is 2.06. The van der Waals surface area contributed by atoms with Gasteiger partial charge in [-0.25, -0.2) is 4.39 Å². The summed E-state index contributed by atoms with van der Waals surface area (Å²) in [6.45, 7) is 0.474. The van der Waals surface area contributed by atoms with E-state index in [4.69, 9.17) is 26.8 Å². The highest BCUT2D eigenvalue weighted by atomic mass is 35.5. The molecular weight excluding hydrogens is 281 g/mol. The van der Waals surface area contributed by atoms with Crippen molar-refractivity contribution in [3.63, 3.8) is 0 Å². The Morgan fingerprint density at radius 1 is 1.10 bits per heavy atom. The highest BCUT2D eigenvalue weighted by molar-refractivity contribution is 6.30. The Labute approximate surface area is 122 Å². The van der Waals surface area contributed by atoms with Crippen LogP contribution in [0.2, 0.25) is 5.02 Å². The summed E-state index contributed by atoms with van der Waals surface area (Å²) >= 11 is 5.95. The Kier molecular flexibility index (Phi) is 4.82. The third-order valence-electron chi connectivity index (χ3n) is 2.87. The van der Waals surface area contributed by atoms with Crippen molar-refractivity contribution in [1.82, 2.24) is 0 Å². The van der Waals surface area contributed by atoms with Crippen molar-refractivity contribution in [1.29, 1.82) is 0 Å². The van der Waals surface area contributed by atoms with Crippen LogP contribution in [0.15, 0.2) is 36.4 Å². The molecule has 0 aliphatic rings. The maximum atomic E-state index is 13.1. The van der Waals surface area contributed by atoms with Gasteiger partial charge in [0.25, 0.3) is 0 Å². The van der Waals surface area contributed by atoms with Gasteiger partial charge in [-0.3, -0.25) is 0 Å². The number of nitrogens with two attached hydrogens (primary N) is 1. The minimum absolute atomic E-state index is 0.208. The molecule has 0 heterocycles. The van der Waals surface area contributed by atoms with E-state index in [0.717, 1.165) is 5.56 Å². The molecule has 0 atom stereocenters. The predicted molar refractivity (Wildman–Crippen MR) is 76.6 cm³/mol. The molecule has 106 valence electrons. The first-order valence-electron chi connectivity index (χ1n) is 6.07. The molecule has 0 radical (unpaired) electrons. The Morgan fingerprint density at radius 3 is 2.55 bits per heavy atom. The van der Waals surface area contributed by atoms with Crippen molar-refractivity contribution in [2.24, 2.45) is 5.73 Å². The number of ether oxygens (including phenoxy) is 2. The zero-order valence-corrected chi connectivity index (χ0v) is 11.8. The SMILES string of the molecule is COc1ccc(Cl)cc1COc1ccc(F)cc1CN. The first-order valence-corrected chi connectivity index (χ1v) is 6.45. The second-order valence-electron chi connectivity index (χ2n) is 4.20. The zero-order valence-electron chi connectivity index (χ0n) is 11.0. The molecule has 0 saturated carbocycles. The normalized spacial score (nSPS) is 10.4. The summed E-state index contributed by atoms with van der Waals surface area (Å²) in [4.78, 5) is 0. The summed E-state index contributed by atoms with van der Waals surface area (Å²) in [6.07, 6.45) is 0. The summed E-state index contributed by atoms with van der Waals surface area (Å²) in [5.41, 5.74) is 7.01. The molecule has 0 aliphatic carbocycles. The molecule has 0 unspecified atom stereocenters. The lowest BCUT2D eigenvalue weighted by Crippen LogP contribution is -2.04. The van der Waals surface area contributed by atoms with Gasteiger partial charge in [-0.2, -0.15) is 0 Å². The van der Waals surface area contributed by atoms with Gasteiger partial charge in [0.2, 0.25) is 0 Å². The molecule has 2 rings (SSSR count). The van der Waals surface area contributed by atoms with E-state index in [1.54, 1.807) is 31.4 Å². The fraction of sp³-hybridized carbons (Fsp3) is 0.200. The van der Waals surface area contributed by atoms with Crippen LogP contribution in [0.1, 0.15) is 11.1 Å². The first-order chi connectivity index (χ1) is 9.63. The van der Waals surface area contributed by atoms with Crippen molar-refractivity contribution in [2.75, 3.05) is 7.11 Å². The Balaban J connectivity index is 2.18. The number of methoxy groups -OCH3 is 1. The van der Waals surface area contributed by atoms with Crippen molar-refractivity contribution < 1.29 is 13.9 Å². The topological polar surface area (TPSA) is 44.5 Å². The molecule has 0 saturated heterocycles. The molecule has 0 amide bonds. The van der Waals surface area contributed by atoms with Gasteiger partial charge in [-0.15, -0.1) is 0 Å². The quantitative estimate of drug-likeness (QED) is 0.918. The fourth-order valence-electron chi connectivity index (χ4n) is 1.86. The Morgan fingerprint density at radius 2 is 1.85 bits per heavy atom. The van der Waals surface area contributed by atoms with E-state index < -0.39 is 0 Å². The average Bonchev–Trinajstić information content (AvgIpc) is 2.46. The highest BCUT2D eigenvalue weighted by Crippen LogP contribution is 2.26. The summed E-state index contributed by atoms with van der Waals surface area (Å²) in [5.74, 6) is 0.903. The number of halogens is 2. The molecule has 0 fully saturated rings. The average molecular weight is 296 g/mol. The van der Waals surface area contributed by atoms with Gasteiger partial charge in [0.1, 0.15) is 23.9 Å². The molecule has 2 N–H and O–H groups in total. The molecule has 5 heteroatoms. The number of rotatable bonds is 5. The van der Waals surface area contributed by atoms with Crippen LogP contribution in [0.3, 0.4) is 0 Å². The van der Waals surface area contributed by atoms with Crippen molar-refractivity contribution in [3.05, 3.63) is 58.4 Å². The first kappa shape index (κ1) is 14.6. The van der Waals surface area contributed by atoms with Gasteiger partial charge in [-0.1, -0.05) is 11.6 Å². The molecule has 3 nitrogen and oxygen atoms in total. The van der Waals surface area contributed by atoms with E-state index in [1.165, 1.54) is 12.1 Å². The van der Waals surface area contributed by atoms with Crippen LogP contribution in [0.5, 0.6) is 11.5 Å². The van der Waals surface area contributed by atoms with Crippen LogP contribution < -0.4 is 15.2 Å². The van der Waals surface area contributed by atoms with Gasteiger partial charge in [0.05, 0.1) is 7.11 Å². The Bertz CT molecular complexity index is 604. The van der Waals surface area contributed by atoms with Crippen LogP contribution in [-0.4, -0.2) is 7.11 Å². The Hall–Kier alpha value is -1.78. The third-order valence-corrected chi connectivity index (χ3v) is 3.10. The van der Waals surface area contributed by atoms with Gasteiger partial charge in [0.15, 0.2) is 0 Å². The predicted octanol–water partition coefficient (Wildman–Crippen LogP) is 3.53. The van der Waals surface area contributed by atoms with E-state index in [-0.39, 0.29) is 19.0 Å². The van der Waals surface area contributed by atoms with Crippen LogP contribution in [-0.2, 0) is 13.2 Å². The van der Waals surface area contributed by atoms with E-state index >= 15 is 0 Å². The molecule has 0 bridgehead atoms. The highest BCUT2D eigenvalue weighted by Gasteiger charge is 2.08. The lowest BCUT2D eigenvalue weighted by Gasteiger charge is -2.13. The summed E-state index contributed by atoms with van der Waals surface area (Å²) in [5, 5.41) is 0.600. The molecule has 2 aromatic carbocycles. The van der Waals surface area contributed by atoms with Crippen LogP contribution in [0, 0.1) is 5.82 Å². The van der Waals surface area contributed by atoms with E-state index in [1.807, 2.05) is 0 Å². The monoisotopic (exact) mass is 295 g/mol. The largest absolute Gasteiger partial charge is 0.496 e. The second-order valence-corrected chi connectivity index (χ2v) is 4.64. The van der Waals surface area contributed by atoms with Gasteiger partial charge < -0.3 is 15.2 Å². The van der Waals surface area contributed by atoms with E-state index in [2.05, 4.69) is 0 Å². The molecule has 0 aliphatic heterocycles. The van der Waals surface area contributed by atoms with E-state index in [9.17, 15) is 4.39 Å². The second kappa shape index (κ2) is 6.59. The molecule has 2 aromatic rings. The molecule has 0 aromatic heterocycles.